The number of carbonyl (C=O) groups excluding carboxylic acids is 2. The van der Waals surface area contributed by atoms with Gasteiger partial charge in [0.25, 0.3) is 0 Å². The first-order valence-electron chi connectivity index (χ1n) is 8.07. The zero-order chi connectivity index (χ0) is 18.5. The average molecular weight is 386 g/mol. The molecule has 132 valence electrons. The minimum Gasteiger partial charge on any atom is -0.453 e. The van der Waals surface area contributed by atoms with E-state index in [2.05, 4.69) is 4.98 Å². The van der Waals surface area contributed by atoms with E-state index in [1.807, 2.05) is 31.2 Å². The Bertz CT molecular complexity index is 934. The highest BCUT2D eigenvalue weighted by Crippen LogP contribution is 2.26. The molecule has 0 saturated heterocycles. The number of aromatic nitrogens is 1. The van der Waals surface area contributed by atoms with Crippen LogP contribution in [0.2, 0.25) is 5.02 Å². The number of hydrogen-bond acceptors (Lipinski definition) is 5. The molecule has 1 heterocycles. The second-order valence-corrected chi connectivity index (χ2v) is 6.89. The number of hydrogen-bond donors (Lipinski definition) is 0. The molecule has 3 aromatic rings. The van der Waals surface area contributed by atoms with Gasteiger partial charge in [-0.15, -0.1) is 11.3 Å². The number of ketones is 1. The molecule has 0 aliphatic carbocycles. The Balaban J connectivity index is 1.62. The third-order valence-electron chi connectivity index (χ3n) is 3.80. The monoisotopic (exact) mass is 385 g/mol. The van der Waals surface area contributed by atoms with Crippen LogP contribution in [0, 0.1) is 0 Å². The van der Waals surface area contributed by atoms with Gasteiger partial charge in [0.05, 0.1) is 0 Å². The van der Waals surface area contributed by atoms with Crippen molar-refractivity contribution in [2.45, 2.75) is 13.3 Å². The summed E-state index contributed by atoms with van der Waals surface area (Å²) in [5, 5.41) is 2.88. The van der Waals surface area contributed by atoms with E-state index in [1.54, 1.807) is 29.6 Å². The molecule has 0 saturated carbocycles. The van der Waals surface area contributed by atoms with Crippen molar-refractivity contribution in [3.63, 3.8) is 0 Å². The molecule has 2 aromatic carbocycles. The SMILES string of the molecule is CCc1ccc(C(=O)COC(=O)c2csc(-c3cccc(Cl)c3)n2)cc1. The first-order valence-corrected chi connectivity index (χ1v) is 9.33. The number of Topliss-reactive ketones (excluding diaryl/α,β-unsaturated/α-hetero) is 1. The number of benzene rings is 2. The molecule has 0 amide bonds. The van der Waals surface area contributed by atoms with Crippen LogP contribution in [-0.4, -0.2) is 23.3 Å². The van der Waals surface area contributed by atoms with Crippen LogP contribution in [0.5, 0.6) is 0 Å². The first kappa shape index (κ1) is 18.3. The quantitative estimate of drug-likeness (QED) is 0.439. The Morgan fingerprint density at radius 3 is 2.62 bits per heavy atom. The van der Waals surface area contributed by atoms with Gasteiger partial charge in [-0.25, -0.2) is 9.78 Å². The van der Waals surface area contributed by atoms with Gasteiger partial charge < -0.3 is 4.74 Å². The lowest BCUT2D eigenvalue weighted by atomic mass is 10.1. The molecule has 0 fully saturated rings. The maximum Gasteiger partial charge on any atom is 0.358 e. The molecule has 6 heteroatoms. The van der Waals surface area contributed by atoms with Crippen LogP contribution in [0.4, 0.5) is 0 Å². The van der Waals surface area contributed by atoms with Gasteiger partial charge in [0.2, 0.25) is 0 Å². The number of ether oxygens (including phenoxy) is 1. The van der Waals surface area contributed by atoms with Crippen molar-refractivity contribution in [3.05, 3.63) is 75.8 Å². The van der Waals surface area contributed by atoms with Gasteiger partial charge in [-0.05, 0) is 24.1 Å². The van der Waals surface area contributed by atoms with E-state index < -0.39 is 5.97 Å². The molecule has 3 rings (SSSR count). The lowest BCUT2D eigenvalue weighted by molar-refractivity contribution is 0.0470. The summed E-state index contributed by atoms with van der Waals surface area (Å²) >= 11 is 7.29. The molecular weight excluding hydrogens is 370 g/mol. The van der Waals surface area contributed by atoms with E-state index in [-0.39, 0.29) is 18.1 Å². The van der Waals surface area contributed by atoms with E-state index in [9.17, 15) is 9.59 Å². The first-order chi connectivity index (χ1) is 12.6. The number of esters is 1. The highest BCUT2D eigenvalue weighted by molar-refractivity contribution is 7.13. The number of carbonyl (C=O) groups is 2. The summed E-state index contributed by atoms with van der Waals surface area (Å²) in [5.41, 5.74) is 2.68. The summed E-state index contributed by atoms with van der Waals surface area (Å²) in [6.45, 7) is 1.73. The van der Waals surface area contributed by atoms with Crippen LogP contribution >= 0.6 is 22.9 Å². The van der Waals surface area contributed by atoms with E-state index in [4.69, 9.17) is 16.3 Å². The molecule has 0 bridgehead atoms. The van der Waals surface area contributed by atoms with Gasteiger partial charge in [-0.3, -0.25) is 4.79 Å². The average Bonchev–Trinajstić information content (AvgIpc) is 3.16. The van der Waals surface area contributed by atoms with E-state index in [0.29, 0.717) is 15.6 Å². The lowest BCUT2D eigenvalue weighted by Crippen LogP contribution is -2.14. The van der Waals surface area contributed by atoms with Gasteiger partial charge in [-0.2, -0.15) is 0 Å². The number of aryl methyl sites for hydroxylation is 1. The van der Waals surface area contributed by atoms with Crippen LogP contribution in [-0.2, 0) is 11.2 Å². The van der Waals surface area contributed by atoms with Crippen molar-refractivity contribution in [1.82, 2.24) is 4.98 Å². The third kappa shape index (κ3) is 4.36. The topological polar surface area (TPSA) is 56.3 Å². The van der Waals surface area contributed by atoms with Crippen LogP contribution in [0.1, 0.15) is 33.3 Å². The van der Waals surface area contributed by atoms with E-state index in [1.165, 1.54) is 11.3 Å². The van der Waals surface area contributed by atoms with Crippen LogP contribution in [0.3, 0.4) is 0 Å². The standard InChI is InChI=1S/C20H16ClNO3S/c1-2-13-6-8-14(9-7-13)18(23)11-25-20(24)17-12-26-19(22-17)15-4-3-5-16(21)10-15/h3-10,12H,2,11H2,1H3. The van der Waals surface area contributed by atoms with E-state index in [0.717, 1.165) is 17.5 Å². The van der Waals surface area contributed by atoms with Crippen molar-refractivity contribution in [2.24, 2.45) is 0 Å². The molecule has 26 heavy (non-hydrogen) atoms. The van der Waals surface area contributed by atoms with Gasteiger partial charge >= 0.3 is 5.97 Å². The maximum absolute atomic E-state index is 12.1. The van der Waals surface area contributed by atoms with E-state index >= 15 is 0 Å². The van der Waals surface area contributed by atoms with Crippen molar-refractivity contribution < 1.29 is 14.3 Å². The number of halogens is 1. The molecule has 1 aromatic heterocycles. The summed E-state index contributed by atoms with van der Waals surface area (Å²) in [6, 6.07) is 14.5. The maximum atomic E-state index is 12.1. The smallest absolute Gasteiger partial charge is 0.358 e. The summed E-state index contributed by atoms with van der Waals surface area (Å²) < 4.78 is 5.10. The Hall–Kier alpha value is -2.50. The highest BCUT2D eigenvalue weighted by atomic mass is 35.5. The fraction of sp³-hybridized carbons (Fsp3) is 0.150. The summed E-state index contributed by atoms with van der Waals surface area (Å²) in [4.78, 5) is 28.5. The Morgan fingerprint density at radius 1 is 1.15 bits per heavy atom. The normalized spacial score (nSPS) is 10.5. The number of rotatable bonds is 6. The predicted molar refractivity (Wildman–Crippen MR) is 103 cm³/mol. The fourth-order valence-corrected chi connectivity index (χ4v) is 3.31. The van der Waals surface area contributed by atoms with Gasteiger partial charge in [0.1, 0.15) is 5.01 Å². The summed E-state index contributed by atoms with van der Waals surface area (Å²) in [5.74, 6) is -0.862. The second-order valence-electron chi connectivity index (χ2n) is 5.60. The fourth-order valence-electron chi connectivity index (χ4n) is 2.34. The third-order valence-corrected chi connectivity index (χ3v) is 4.93. The molecule has 0 aliphatic rings. The summed E-state index contributed by atoms with van der Waals surface area (Å²) in [6.07, 6.45) is 0.905. The lowest BCUT2D eigenvalue weighted by Gasteiger charge is -2.04. The minimum atomic E-state index is -0.618. The Labute approximate surface area is 160 Å². The van der Waals surface area contributed by atoms with Crippen molar-refractivity contribution in [2.75, 3.05) is 6.61 Å². The minimum absolute atomic E-state index is 0.180. The molecule has 0 aliphatic heterocycles. The van der Waals surface area contributed by atoms with Crippen molar-refractivity contribution in [3.8, 4) is 10.6 Å². The summed E-state index contributed by atoms with van der Waals surface area (Å²) in [7, 11) is 0. The molecule has 0 N–H and O–H groups in total. The van der Waals surface area contributed by atoms with Crippen LogP contribution < -0.4 is 0 Å². The molecule has 0 spiro atoms. The zero-order valence-corrected chi connectivity index (χ0v) is 15.6. The predicted octanol–water partition coefficient (Wildman–Crippen LogP) is 5.07. The molecule has 0 atom stereocenters. The van der Waals surface area contributed by atoms with Crippen LogP contribution in [0.15, 0.2) is 53.9 Å². The van der Waals surface area contributed by atoms with Gasteiger partial charge in [-0.1, -0.05) is 54.9 Å². The number of thiazole rings is 1. The zero-order valence-electron chi connectivity index (χ0n) is 14.1. The Kier molecular flexibility index (Phi) is 5.81. The van der Waals surface area contributed by atoms with Crippen molar-refractivity contribution in [1.29, 1.82) is 0 Å². The van der Waals surface area contributed by atoms with Gasteiger partial charge in [0, 0.05) is 21.5 Å². The van der Waals surface area contributed by atoms with Crippen molar-refractivity contribution >= 4 is 34.7 Å². The second kappa shape index (κ2) is 8.25. The molecule has 0 unspecified atom stereocenters. The molecular formula is C20H16ClNO3S. The largest absolute Gasteiger partial charge is 0.453 e. The highest BCUT2D eigenvalue weighted by Gasteiger charge is 2.16. The van der Waals surface area contributed by atoms with Gasteiger partial charge in [0.15, 0.2) is 18.1 Å². The van der Waals surface area contributed by atoms with Crippen LogP contribution in [0.25, 0.3) is 10.6 Å². The Morgan fingerprint density at radius 2 is 1.92 bits per heavy atom. The number of nitrogens with zero attached hydrogens (tertiary/aromatic N) is 1. The molecule has 4 nitrogen and oxygen atoms in total. The molecule has 0 radical (unpaired) electrons.